The van der Waals surface area contributed by atoms with E-state index in [1.807, 2.05) is 37.3 Å². The Morgan fingerprint density at radius 2 is 1.96 bits per heavy atom. The lowest BCUT2D eigenvalue weighted by Gasteiger charge is -2.13. The molecule has 0 atom stereocenters. The number of aromatic nitrogens is 4. The minimum Gasteiger partial charge on any atom is -0.349 e. The Balaban J connectivity index is 1.69. The van der Waals surface area contributed by atoms with Gasteiger partial charge in [0.05, 0.1) is 16.7 Å². The fraction of sp³-hybridized carbons (Fsp3) is 0.421. The fourth-order valence-electron chi connectivity index (χ4n) is 2.90. The molecule has 0 aliphatic carbocycles. The smallest absolute Gasteiger partial charge is 0.269 e. The zero-order valence-electron chi connectivity index (χ0n) is 15.5. The Kier molecular flexibility index (Phi) is 4.37. The van der Waals surface area contributed by atoms with Gasteiger partial charge in [0, 0.05) is 25.6 Å². The second-order valence-corrected chi connectivity index (χ2v) is 7.34. The number of nitrogens with zero attached hydrogens (tertiary/aromatic N) is 4. The third-order valence-corrected chi connectivity index (χ3v) is 4.35. The second kappa shape index (κ2) is 6.35. The van der Waals surface area contributed by atoms with Crippen LogP contribution < -0.4 is 5.32 Å². The van der Waals surface area contributed by atoms with Gasteiger partial charge < -0.3 is 9.88 Å². The molecule has 3 rings (SSSR count). The first-order valence-electron chi connectivity index (χ1n) is 8.52. The highest BCUT2D eigenvalue weighted by Gasteiger charge is 2.21. The van der Waals surface area contributed by atoms with Crippen molar-refractivity contribution in [2.24, 2.45) is 7.05 Å². The summed E-state index contributed by atoms with van der Waals surface area (Å²) < 4.78 is 3.77. The van der Waals surface area contributed by atoms with Crippen LogP contribution in [0.5, 0.6) is 0 Å². The molecule has 1 amide bonds. The molecule has 0 fully saturated rings. The number of nitrogens with one attached hydrogen (secondary N) is 1. The highest BCUT2D eigenvalue weighted by Crippen LogP contribution is 2.21. The van der Waals surface area contributed by atoms with Gasteiger partial charge in [0.15, 0.2) is 0 Å². The van der Waals surface area contributed by atoms with E-state index in [0.717, 1.165) is 22.6 Å². The lowest BCUT2D eigenvalue weighted by atomic mass is 9.92. The maximum absolute atomic E-state index is 12.5. The number of benzene rings is 1. The molecule has 6 heteroatoms. The molecule has 0 spiro atoms. The number of hydrogen-bond donors (Lipinski definition) is 1. The van der Waals surface area contributed by atoms with E-state index in [1.54, 1.807) is 11.7 Å². The zero-order chi connectivity index (χ0) is 18.2. The predicted molar refractivity (Wildman–Crippen MR) is 98.7 cm³/mol. The minimum atomic E-state index is -0.104. The van der Waals surface area contributed by atoms with E-state index in [-0.39, 0.29) is 11.3 Å². The van der Waals surface area contributed by atoms with Crippen molar-refractivity contribution in [2.75, 3.05) is 6.54 Å². The van der Waals surface area contributed by atoms with Crippen molar-refractivity contribution in [2.45, 2.75) is 39.7 Å². The Labute approximate surface area is 147 Å². The van der Waals surface area contributed by atoms with Gasteiger partial charge >= 0.3 is 0 Å². The first kappa shape index (κ1) is 17.2. The van der Waals surface area contributed by atoms with Gasteiger partial charge in [0.1, 0.15) is 11.5 Å². The van der Waals surface area contributed by atoms with E-state index in [4.69, 9.17) is 0 Å². The summed E-state index contributed by atoms with van der Waals surface area (Å²) in [5.41, 5.74) is 3.48. The van der Waals surface area contributed by atoms with E-state index in [2.05, 4.69) is 40.7 Å². The normalized spacial score (nSPS) is 11.9. The van der Waals surface area contributed by atoms with E-state index in [9.17, 15) is 4.79 Å². The van der Waals surface area contributed by atoms with Gasteiger partial charge in [-0.15, -0.1) is 0 Å². The average molecular weight is 339 g/mol. The van der Waals surface area contributed by atoms with Crippen molar-refractivity contribution in [3.8, 4) is 0 Å². The summed E-state index contributed by atoms with van der Waals surface area (Å²) in [6, 6.07) is 9.90. The van der Waals surface area contributed by atoms with Gasteiger partial charge in [0.25, 0.3) is 5.91 Å². The molecule has 0 unspecified atom stereocenters. The topological polar surface area (TPSA) is 64.7 Å². The SMILES string of the molecule is Cc1nc2ccccc2n1CCNC(=O)c1cc(C(C)(C)C)nn1C. The number of aryl methyl sites for hydroxylation is 2. The highest BCUT2D eigenvalue weighted by atomic mass is 16.2. The van der Waals surface area contributed by atoms with Crippen molar-refractivity contribution < 1.29 is 4.79 Å². The van der Waals surface area contributed by atoms with Crippen LogP contribution in [0.25, 0.3) is 11.0 Å². The molecule has 3 aromatic rings. The maximum Gasteiger partial charge on any atom is 0.269 e. The Hall–Kier alpha value is -2.63. The van der Waals surface area contributed by atoms with Crippen molar-refractivity contribution in [3.63, 3.8) is 0 Å². The second-order valence-electron chi connectivity index (χ2n) is 7.34. The minimum absolute atomic E-state index is 0.0802. The number of carbonyl (C=O) groups is 1. The monoisotopic (exact) mass is 339 g/mol. The van der Waals surface area contributed by atoms with E-state index in [0.29, 0.717) is 18.8 Å². The maximum atomic E-state index is 12.5. The molecular formula is C19H25N5O. The Morgan fingerprint density at radius 1 is 1.24 bits per heavy atom. The number of amides is 1. The van der Waals surface area contributed by atoms with Crippen molar-refractivity contribution >= 4 is 16.9 Å². The first-order chi connectivity index (χ1) is 11.8. The van der Waals surface area contributed by atoms with Gasteiger partial charge in [-0.05, 0) is 25.1 Å². The largest absolute Gasteiger partial charge is 0.349 e. The molecular weight excluding hydrogens is 314 g/mol. The van der Waals surface area contributed by atoms with Crippen LogP contribution in [-0.4, -0.2) is 31.8 Å². The van der Waals surface area contributed by atoms with Crippen LogP contribution in [0.3, 0.4) is 0 Å². The van der Waals surface area contributed by atoms with Crippen LogP contribution in [-0.2, 0) is 19.0 Å². The summed E-state index contributed by atoms with van der Waals surface area (Å²) >= 11 is 0. The molecule has 1 N–H and O–H groups in total. The average Bonchev–Trinajstić information content (AvgIpc) is 3.08. The van der Waals surface area contributed by atoms with Gasteiger partial charge in [-0.3, -0.25) is 9.48 Å². The van der Waals surface area contributed by atoms with Crippen LogP contribution in [0.15, 0.2) is 30.3 Å². The third kappa shape index (κ3) is 3.43. The molecule has 0 radical (unpaired) electrons. The molecule has 0 bridgehead atoms. The lowest BCUT2D eigenvalue weighted by molar-refractivity contribution is 0.0943. The molecule has 25 heavy (non-hydrogen) atoms. The standard InChI is InChI=1S/C19H25N5O/c1-13-21-14-8-6-7-9-15(14)24(13)11-10-20-18(25)16-12-17(19(2,3)4)22-23(16)5/h6-9,12H,10-11H2,1-5H3,(H,20,25). The molecule has 1 aromatic carbocycles. The summed E-state index contributed by atoms with van der Waals surface area (Å²) in [4.78, 5) is 17.0. The fourth-order valence-corrected chi connectivity index (χ4v) is 2.90. The lowest BCUT2D eigenvalue weighted by Crippen LogP contribution is -2.29. The summed E-state index contributed by atoms with van der Waals surface area (Å²) in [5, 5.41) is 7.44. The first-order valence-corrected chi connectivity index (χ1v) is 8.52. The molecule has 0 saturated carbocycles. The molecule has 6 nitrogen and oxygen atoms in total. The van der Waals surface area contributed by atoms with Gasteiger partial charge in [-0.2, -0.15) is 5.10 Å². The van der Waals surface area contributed by atoms with E-state index >= 15 is 0 Å². The van der Waals surface area contributed by atoms with Crippen LogP contribution in [0.4, 0.5) is 0 Å². The van der Waals surface area contributed by atoms with Gasteiger partial charge in [0.2, 0.25) is 0 Å². The summed E-state index contributed by atoms with van der Waals surface area (Å²) in [7, 11) is 1.80. The number of para-hydroxylation sites is 2. The summed E-state index contributed by atoms with van der Waals surface area (Å²) in [6.07, 6.45) is 0. The summed E-state index contributed by atoms with van der Waals surface area (Å²) in [5.74, 6) is 0.846. The molecule has 132 valence electrons. The highest BCUT2D eigenvalue weighted by molar-refractivity contribution is 5.92. The van der Waals surface area contributed by atoms with Crippen molar-refractivity contribution in [3.05, 3.63) is 47.5 Å². The van der Waals surface area contributed by atoms with Gasteiger partial charge in [-0.25, -0.2) is 4.98 Å². The molecule has 2 heterocycles. The van der Waals surface area contributed by atoms with Crippen LogP contribution in [0.2, 0.25) is 0 Å². The van der Waals surface area contributed by atoms with Crippen LogP contribution in [0.1, 0.15) is 42.8 Å². The number of hydrogen-bond acceptors (Lipinski definition) is 3. The third-order valence-electron chi connectivity index (χ3n) is 4.35. The van der Waals surface area contributed by atoms with Crippen molar-refractivity contribution in [1.29, 1.82) is 0 Å². The van der Waals surface area contributed by atoms with Gasteiger partial charge in [-0.1, -0.05) is 32.9 Å². The molecule has 0 saturated heterocycles. The summed E-state index contributed by atoms with van der Waals surface area (Å²) in [6.45, 7) is 9.47. The molecule has 0 aliphatic rings. The Bertz CT molecular complexity index is 914. The van der Waals surface area contributed by atoms with Crippen LogP contribution in [0, 0.1) is 6.92 Å². The van der Waals surface area contributed by atoms with E-state index < -0.39 is 0 Å². The number of carbonyl (C=O) groups excluding carboxylic acids is 1. The predicted octanol–water partition coefficient (Wildman–Crippen LogP) is 2.81. The number of rotatable bonds is 4. The Morgan fingerprint density at radius 3 is 2.64 bits per heavy atom. The zero-order valence-corrected chi connectivity index (χ0v) is 15.5. The number of fused-ring (bicyclic) bond motifs is 1. The van der Waals surface area contributed by atoms with Crippen molar-refractivity contribution in [1.82, 2.24) is 24.6 Å². The quantitative estimate of drug-likeness (QED) is 0.795. The number of imidazole rings is 1. The van der Waals surface area contributed by atoms with Crippen LogP contribution >= 0.6 is 0 Å². The molecule has 0 aliphatic heterocycles. The molecule has 2 aromatic heterocycles. The van der Waals surface area contributed by atoms with E-state index in [1.165, 1.54) is 0 Å².